The van der Waals surface area contributed by atoms with E-state index in [1.54, 1.807) is 0 Å². The number of rotatable bonds is 5. The van der Waals surface area contributed by atoms with Crippen LogP contribution in [0.2, 0.25) is 0 Å². The van der Waals surface area contributed by atoms with E-state index < -0.39 is 0 Å². The minimum absolute atomic E-state index is 0.0331. The highest BCUT2D eigenvalue weighted by Crippen LogP contribution is 2.24. The molecule has 0 saturated carbocycles. The SMILES string of the molecule is COC(=O)CSCC(=O)c1sccc1Br. The summed E-state index contributed by atoms with van der Waals surface area (Å²) < 4.78 is 5.28. The number of Topliss-reactive ketones (excluding diaryl/α,β-unsaturated/α-hetero) is 1. The molecule has 0 spiro atoms. The molecule has 0 amide bonds. The predicted octanol–water partition coefficient (Wildman–Crippen LogP) is 2.60. The molecule has 0 aliphatic rings. The zero-order valence-electron chi connectivity index (χ0n) is 7.99. The van der Waals surface area contributed by atoms with Crippen molar-refractivity contribution in [2.75, 3.05) is 18.6 Å². The first kappa shape index (κ1) is 12.7. The Bertz CT molecular complexity index is 362. The lowest BCUT2D eigenvalue weighted by atomic mass is 10.3. The number of carbonyl (C=O) groups is 2. The Morgan fingerprint density at radius 3 is 2.80 bits per heavy atom. The zero-order chi connectivity index (χ0) is 11.3. The molecule has 0 saturated heterocycles. The Kier molecular flexibility index (Phi) is 5.35. The monoisotopic (exact) mass is 308 g/mol. The first-order valence-corrected chi connectivity index (χ1v) is 6.88. The maximum Gasteiger partial charge on any atom is 0.315 e. The third-order valence-electron chi connectivity index (χ3n) is 1.55. The third kappa shape index (κ3) is 3.96. The Morgan fingerprint density at radius 2 is 2.27 bits per heavy atom. The number of ketones is 1. The van der Waals surface area contributed by atoms with Crippen LogP contribution in [0.3, 0.4) is 0 Å². The summed E-state index contributed by atoms with van der Waals surface area (Å²) in [6, 6.07) is 1.84. The third-order valence-corrected chi connectivity index (χ3v) is 4.34. The molecule has 0 fully saturated rings. The van der Waals surface area contributed by atoms with Gasteiger partial charge in [-0.25, -0.2) is 0 Å². The van der Waals surface area contributed by atoms with Gasteiger partial charge in [0.15, 0.2) is 5.78 Å². The summed E-state index contributed by atoms with van der Waals surface area (Å²) >= 11 is 5.95. The van der Waals surface area contributed by atoms with Crippen molar-refractivity contribution >= 4 is 50.8 Å². The Balaban J connectivity index is 2.38. The van der Waals surface area contributed by atoms with Crippen molar-refractivity contribution in [1.82, 2.24) is 0 Å². The first-order valence-electron chi connectivity index (χ1n) is 4.06. The molecule has 0 unspecified atom stereocenters. The number of esters is 1. The highest BCUT2D eigenvalue weighted by molar-refractivity contribution is 9.10. The molecule has 0 radical (unpaired) electrons. The number of carbonyl (C=O) groups excluding carboxylic acids is 2. The van der Waals surface area contributed by atoms with Gasteiger partial charge in [0.2, 0.25) is 0 Å². The molecule has 0 bridgehead atoms. The molecule has 0 aliphatic carbocycles. The van der Waals surface area contributed by atoms with Crippen LogP contribution >= 0.6 is 39.0 Å². The average Bonchev–Trinajstić information content (AvgIpc) is 2.64. The van der Waals surface area contributed by atoms with Gasteiger partial charge in [0, 0.05) is 4.47 Å². The minimum Gasteiger partial charge on any atom is -0.468 e. The van der Waals surface area contributed by atoms with E-state index in [-0.39, 0.29) is 17.5 Å². The smallest absolute Gasteiger partial charge is 0.315 e. The fraction of sp³-hybridized carbons (Fsp3) is 0.333. The maximum atomic E-state index is 11.6. The van der Waals surface area contributed by atoms with Gasteiger partial charge in [0.1, 0.15) is 0 Å². The number of thioether (sulfide) groups is 1. The van der Waals surface area contributed by atoms with Crippen molar-refractivity contribution in [3.63, 3.8) is 0 Å². The topological polar surface area (TPSA) is 43.4 Å². The number of ether oxygens (including phenoxy) is 1. The van der Waals surface area contributed by atoms with Crippen molar-refractivity contribution in [2.45, 2.75) is 0 Å². The van der Waals surface area contributed by atoms with Crippen LogP contribution in [-0.4, -0.2) is 30.4 Å². The molecule has 0 aromatic carbocycles. The highest BCUT2D eigenvalue weighted by Gasteiger charge is 2.12. The van der Waals surface area contributed by atoms with Crippen LogP contribution in [0.1, 0.15) is 9.67 Å². The van der Waals surface area contributed by atoms with Gasteiger partial charge in [0.25, 0.3) is 0 Å². The number of halogens is 1. The van der Waals surface area contributed by atoms with Crippen LogP contribution in [0.4, 0.5) is 0 Å². The lowest BCUT2D eigenvalue weighted by Crippen LogP contribution is -2.07. The predicted molar refractivity (Wildman–Crippen MR) is 65.7 cm³/mol. The number of hydrogen-bond donors (Lipinski definition) is 0. The summed E-state index contributed by atoms with van der Waals surface area (Å²) in [7, 11) is 1.33. The van der Waals surface area contributed by atoms with Crippen LogP contribution in [0.25, 0.3) is 0 Å². The molecule has 3 nitrogen and oxygen atoms in total. The lowest BCUT2D eigenvalue weighted by molar-refractivity contribution is -0.137. The summed E-state index contributed by atoms with van der Waals surface area (Å²) in [5.74, 6) is 0.239. The number of hydrogen-bond acceptors (Lipinski definition) is 5. The van der Waals surface area contributed by atoms with Crippen LogP contribution in [0, 0.1) is 0 Å². The van der Waals surface area contributed by atoms with Gasteiger partial charge in [0.05, 0.1) is 23.5 Å². The molecule has 0 aliphatic heterocycles. The van der Waals surface area contributed by atoms with E-state index in [4.69, 9.17) is 0 Å². The molecule has 1 aromatic heterocycles. The molecule has 82 valence electrons. The average molecular weight is 309 g/mol. The van der Waals surface area contributed by atoms with Crippen molar-refractivity contribution in [3.05, 3.63) is 20.8 Å². The van der Waals surface area contributed by atoms with Crippen molar-refractivity contribution in [2.24, 2.45) is 0 Å². The molecule has 15 heavy (non-hydrogen) atoms. The second-order valence-electron chi connectivity index (χ2n) is 2.59. The van der Waals surface area contributed by atoms with Gasteiger partial charge in [-0.15, -0.1) is 23.1 Å². The van der Waals surface area contributed by atoms with Gasteiger partial charge < -0.3 is 4.74 Å². The van der Waals surface area contributed by atoms with Gasteiger partial charge >= 0.3 is 5.97 Å². The van der Waals surface area contributed by atoms with Crippen LogP contribution in [0.5, 0.6) is 0 Å². The lowest BCUT2D eigenvalue weighted by Gasteiger charge is -1.99. The molecular formula is C9H9BrO3S2. The van der Waals surface area contributed by atoms with Crippen molar-refractivity contribution in [3.8, 4) is 0 Å². The zero-order valence-corrected chi connectivity index (χ0v) is 11.2. The number of methoxy groups -OCH3 is 1. The van der Waals surface area contributed by atoms with E-state index >= 15 is 0 Å². The molecule has 1 heterocycles. The fourth-order valence-corrected chi connectivity index (χ4v) is 3.18. The fourth-order valence-electron chi connectivity index (χ4n) is 0.844. The van der Waals surface area contributed by atoms with Crippen molar-refractivity contribution in [1.29, 1.82) is 0 Å². The van der Waals surface area contributed by atoms with E-state index in [1.165, 1.54) is 30.2 Å². The summed E-state index contributed by atoms with van der Waals surface area (Å²) in [6.45, 7) is 0. The van der Waals surface area contributed by atoms with Gasteiger partial charge in [-0.05, 0) is 27.4 Å². The van der Waals surface area contributed by atoms with E-state index in [0.29, 0.717) is 10.6 Å². The summed E-state index contributed by atoms with van der Waals surface area (Å²) in [4.78, 5) is 23.1. The highest BCUT2D eigenvalue weighted by atomic mass is 79.9. The summed E-state index contributed by atoms with van der Waals surface area (Å²) in [5, 5.41) is 1.85. The van der Waals surface area contributed by atoms with Crippen LogP contribution in [0.15, 0.2) is 15.9 Å². The molecular weight excluding hydrogens is 300 g/mol. The number of thiophene rings is 1. The summed E-state index contributed by atoms with van der Waals surface area (Å²) in [6.07, 6.45) is 0. The summed E-state index contributed by atoms with van der Waals surface area (Å²) in [5.41, 5.74) is 0. The normalized spacial score (nSPS) is 10.0. The van der Waals surface area contributed by atoms with Gasteiger partial charge in [-0.3, -0.25) is 9.59 Å². The van der Waals surface area contributed by atoms with Gasteiger partial charge in [-0.1, -0.05) is 0 Å². The van der Waals surface area contributed by atoms with E-state index in [9.17, 15) is 9.59 Å². The largest absolute Gasteiger partial charge is 0.468 e. The van der Waals surface area contributed by atoms with Crippen LogP contribution in [-0.2, 0) is 9.53 Å². The molecule has 1 aromatic rings. The molecule has 6 heteroatoms. The molecule has 1 rings (SSSR count). The second-order valence-corrected chi connectivity index (χ2v) is 5.35. The minimum atomic E-state index is -0.307. The Hall–Kier alpha value is -0.330. The Morgan fingerprint density at radius 1 is 1.53 bits per heavy atom. The second kappa shape index (κ2) is 6.30. The van der Waals surface area contributed by atoms with Crippen LogP contribution < -0.4 is 0 Å². The van der Waals surface area contributed by atoms with E-state index in [2.05, 4.69) is 20.7 Å². The molecule has 0 atom stereocenters. The first-order chi connectivity index (χ1) is 7.15. The quantitative estimate of drug-likeness (QED) is 0.619. The Labute approximate surface area is 104 Å². The maximum absolute atomic E-state index is 11.6. The van der Waals surface area contributed by atoms with E-state index in [1.807, 2.05) is 11.4 Å². The van der Waals surface area contributed by atoms with E-state index in [0.717, 1.165) is 4.47 Å². The van der Waals surface area contributed by atoms with Gasteiger partial charge in [-0.2, -0.15) is 0 Å². The standard InChI is InChI=1S/C9H9BrO3S2/c1-13-8(12)5-14-4-7(11)9-6(10)2-3-15-9/h2-3H,4-5H2,1H3. The molecule has 0 N–H and O–H groups in total. The van der Waals surface area contributed by atoms with Crippen molar-refractivity contribution < 1.29 is 14.3 Å².